The minimum atomic E-state index is -4.70. The van der Waals surface area contributed by atoms with Crippen molar-refractivity contribution in [1.29, 1.82) is 0 Å². The van der Waals surface area contributed by atoms with Crippen molar-refractivity contribution in [3.63, 3.8) is 0 Å². The number of nitrogens with zero attached hydrogens (tertiary/aromatic N) is 2. The first-order valence-electron chi connectivity index (χ1n) is 12.4. The Bertz CT molecular complexity index is 1630. The molecule has 0 unspecified atom stereocenters. The number of fused-ring (bicyclic) bond motifs is 1. The van der Waals surface area contributed by atoms with Crippen LogP contribution in [0.3, 0.4) is 0 Å². The average Bonchev–Trinajstić information content (AvgIpc) is 3.39. The number of hydrogen-bond donors (Lipinski definition) is 2. The molecule has 0 amide bonds. The molecule has 1 heterocycles. The van der Waals surface area contributed by atoms with Crippen LogP contribution in [0.5, 0.6) is 23.0 Å². The molecule has 3 aromatic rings. The Kier molecular flexibility index (Phi) is 10.6. The summed E-state index contributed by atoms with van der Waals surface area (Å²) in [6, 6.07) is 15.3. The van der Waals surface area contributed by atoms with Crippen molar-refractivity contribution >= 4 is 44.2 Å². The Labute approximate surface area is 250 Å². The maximum atomic E-state index is 14.0. The number of halogens is 1. The highest BCUT2D eigenvalue weighted by atomic mass is 35.5. The van der Waals surface area contributed by atoms with Crippen LogP contribution in [0.1, 0.15) is 18.9 Å². The molecule has 3 aromatic carbocycles. The third kappa shape index (κ3) is 7.40. The predicted molar refractivity (Wildman–Crippen MR) is 157 cm³/mol. The van der Waals surface area contributed by atoms with Crippen molar-refractivity contribution in [2.75, 3.05) is 30.9 Å². The molecular weight excluding hydrogens is 612 g/mol. The minimum absolute atomic E-state index is 0. The summed E-state index contributed by atoms with van der Waals surface area (Å²) in [5.41, 5.74) is 11.4. The summed E-state index contributed by atoms with van der Waals surface area (Å²) < 4.78 is 78.3. The Morgan fingerprint density at radius 2 is 1.69 bits per heavy atom. The quantitative estimate of drug-likeness (QED) is 0.0918. The van der Waals surface area contributed by atoms with E-state index < -0.39 is 29.9 Å². The van der Waals surface area contributed by atoms with Gasteiger partial charge in [-0.2, -0.15) is 8.42 Å². The Morgan fingerprint density at radius 3 is 2.38 bits per heavy atom. The predicted octanol–water partition coefficient (Wildman–Crippen LogP) is 3.10. The van der Waals surface area contributed by atoms with Gasteiger partial charge in [0.15, 0.2) is 16.4 Å². The summed E-state index contributed by atoms with van der Waals surface area (Å²) in [5.74, 6) is -0.0551. The van der Waals surface area contributed by atoms with Crippen LogP contribution in [-0.4, -0.2) is 49.3 Å². The van der Waals surface area contributed by atoms with Gasteiger partial charge >= 0.3 is 10.1 Å². The van der Waals surface area contributed by atoms with Gasteiger partial charge in [0.2, 0.25) is 12.8 Å². The van der Waals surface area contributed by atoms with E-state index in [1.807, 2.05) is 0 Å². The maximum absolute atomic E-state index is 14.0. The molecule has 42 heavy (non-hydrogen) atoms. The van der Waals surface area contributed by atoms with Crippen molar-refractivity contribution in [3.8, 4) is 23.0 Å². The van der Waals surface area contributed by atoms with Crippen LogP contribution in [0, 0.1) is 6.92 Å². The maximum Gasteiger partial charge on any atom is 0.340 e. The fourth-order valence-corrected chi connectivity index (χ4v) is 7.31. The minimum Gasteiger partial charge on any atom is -0.493 e. The van der Waals surface area contributed by atoms with Crippen LogP contribution in [0.15, 0.2) is 75.6 Å². The fourth-order valence-electron chi connectivity index (χ4n) is 4.02. The van der Waals surface area contributed by atoms with Crippen LogP contribution in [-0.2, 0) is 25.0 Å². The summed E-state index contributed by atoms with van der Waals surface area (Å²) in [5, 5.41) is 3.41. The Morgan fingerprint density at radius 1 is 0.976 bits per heavy atom. The monoisotopic (exact) mass is 642 g/mol. The zero-order valence-electron chi connectivity index (χ0n) is 22.8. The number of anilines is 1. The number of aryl methyl sites for hydroxylation is 1. The smallest absolute Gasteiger partial charge is 0.340 e. The van der Waals surface area contributed by atoms with E-state index in [4.69, 9.17) is 34.7 Å². The summed E-state index contributed by atoms with van der Waals surface area (Å²) in [6.07, 6.45) is 0.437. The normalized spacial score (nSPS) is 12.1. The molecule has 0 saturated heterocycles. The van der Waals surface area contributed by atoms with Gasteiger partial charge in [-0.3, -0.25) is 4.31 Å². The van der Waals surface area contributed by atoms with E-state index in [1.165, 1.54) is 18.2 Å². The van der Waals surface area contributed by atoms with E-state index in [1.54, 1.807) is 50.2 Å². The van der Waals surface area contributed by atoms with E-state index in [-0.39, 0.29) is 62.2 Å². The van der Waals surface area contributed by atoms with Gasteiger partial charge in [0.1, 0.15) is 23.0 Å². The van der Waals surface area contributed by atoms with Gasteiger partial charge in [-0.15, -0.1) is 12.4 Å². The number of hydrogen-bond acceptors (Lipinski definition) is 10. The molecule has 228 valence electrons. The number of para-hydroxylation sites is 1. The van der Waals surface area contributed by atoms with Crippen LogP contribution < -0.4 is 34.2 Å². The lowest BCUT2D eigenvalue weighted by molar-refractivity contribution is 0.127. The molecule has 0 radical (unpaired) electrons. The van der Waals surface area contributed by atoms with Crippen molar-refractivity contribution in [3.05, 3.63) is 66.2 Å². The zero-order chi connectivity index (χ0) is 29.6. The van der Waals surface area contributed by atoms with Crippen LogP contribution >= 0.6 is 12.4 Å². The van der Waals surface area contributed by atoms with Crippen molar-refractivity contribution in [1.82, 2.24) is 0 Å². The van der Waals surface area contributed by atoms with E-state index in [0.29, 0.717) is 23.4 Å². The van der Waals surface area contributed by atoms with E-state index in [2.05, 4.69) is 5.16 Å². The van der Waals surface area contributed by atoms with Crippen LogP contribution in [0.25, 0.3) is 0 Å². The van der Waals surface area contributed by atoms with Gasteiger partial charge in [-0.25, -0.2) is 8.42 Å². The van der Waals surface area contributed by atoms with Crippen molar-refractivity contribution in [2.24, 2.45) is 16.6 Å². The number of oxime groups is 1. The number of benzene rings is 3. The lowest BCUT2D eigenvalue weighted by Gasteiger charge is -2.24. The molecule has 16 heteroatoms. The lowest BCUT2D eigenvalue weighted by atomic mass is 10.2. The fraction of sp³-hybridized carbons (Fsp3) is 0.269. The molecule has 13 nitrogen and oxygen atoms in total. The highest BCUT2D eigenvalue weighted by Crippen LogP contribution is 2.44. The summed E-state index contributed by atoms with van der Waals surface area (Å²) in [6.45, 7) is 3.52. The highest BCUT2D eigenvalue weighted by molar-refractivity contribution is 7.94. The summed E-state index contributed by atoms with van der Waals surface area (Å²) >= 11 is 0. The second kappa shape index (κ2) is 13.7. The van der Waals surface area contributed by atoms with Crippen molar-refractivity contribution < 1.29 is 40.1 Å². The average molecular weight is 643 g/mol. The highest BCUT2D eigenvalue weighted by Gasteiger charge is 2.39. The van der Waals surface area contributed by atoms with E-state index in [9.17, 15) is 16.8 Å². The van der Waals surface area contributed by atoms with E-state index >= 15 is 0 Å². The molecule has 0 atom stereocenters. The standard InChI is InChI=1S/C26H30N4O9S2.ClH/c1-3-30(19-8-5-4-6-9-19)40(31,32)25-23(11-10-22-24(25)37-17-36-22)41(33,34)39-21-15-18(2)14-20(16-21)35-12-7-13-38-29-26(27)28;/h4-6,8-11,14-16H,3,7,12-13,17H2,1-2H3,(H4,27,28,29);1H. The summed E-state index contributed by atoms with van der Waals surface area (Å²) in [4.78, 5) is 3.72. The SMILES string of the molecule is CCN(c1ccccc1)S(=O)(=O)c1c(S(=O)(=O)Oc2cc(C)cc(OCCCON=C(N)N)c2)ccc2c1OCO2.Cl. The number of ether oxygens (including phenoxy) is 3. The van der Waals surface area contributed by atoms with Crippen LogP contribution in [0.2, 0.25) is 0 Å². The second-order valence-electron chi connectivity index (χ2n) is 8.70. The molecule has 4 N–H and O–H groups in total. The molecule has 0 spiro atoms. The molecule has 4 rings (SSSR count). The van der Waals surface area contributed by atoms with Gasteiger partial charge in [-0.05, 0) is 61.0 Å². The van der Waals surface area contributed by atoms with E-state index in [0.717, 1.165) is 10.4 Å². The largest absolute Gasteiger partial charge is 0.493 e. The third-order valence-corrected chi connectivity index (χ3v) is 9.05. The Balaban J connectivity index is 0.00000484. The number of rotatable bonds is 13. The van der Waals surface area contributed by atoms with Gasteiger partial charge < -0.3 is 34.7 Å². The first-order valence-corrected chi connectivity index (χ1v) is 15.3. The lowest BCUT2D eigenvalue weighted by Crippen LogP contribution is -2.32. The molecule has 0 fully saturated rings. The number of nitrogens with two attached hydrogens (primary N) is 2. The van der Waals surface area contributed by atoms with Gasteiger partial charge in [0.05, 0.1) is 12.3 Å². The first kappa shape index (κ1) is 32.4. The van der Waals surface area contributed by atoms with Crippen LogP contribution in [0.4, 0.5) is 5.69 Å². The molecule has 0 aliphatic carbocycles. The van der Waals surface area contributed by atoms with Gasteiger partial charge in [-0.1, -0.05) is 18.2 Å². The van der Waals surface area contributed by atoms with Gasteiger partial charge in [0, 0.05) is 19.0 Å². The molecular formula is C26H31ClN4O9S2. The molecule has 1 aliphatic rings. The third-order valence-electron chi connectivity index (χ3n) is 5.66. The van der Waals surface area contributed by atoms with Gasteiger partial charge in [0.25, 0.3) is 10.0 Å². The number of sulfonamides is 1. The Hall–Kier alpha value is -4.08. The molecule has 0 bridgehead atoms. The molecule has 1 aliphatic heterocycles. The summed E-state index contributed by atoms with van der Waals surface area (Å²) in [7, 11) is -9.17. The zero-order valence-corrected chi connectivity index (χ0v) is 25.2. The first-order chi connectivity index (χ1) is 19.5. The van der Waals surface area contributed by atoms with Crippen molar-refractivity contribution in [2.45, 2.75) is 30.1 Å². The molecule has 0 aromatic heterocycles. The second-order valence-corrected chi connectivity index (χ2v) is 12.0. The number of guanidine groups is 1. The topological polar surface area (TPSA) is 182 Å². The molecule has 0 saturated carbocycles.